The molecule has 1 heterocycles. The zero-order valence-electron chi connectivity index (χ0n) is 12.3. The van der Waals surface area contributed by atoms with Crippen molar-refractivity contribution in [1.29, 1.82) is 0 Å². The predicted molar refractivity (Wildman–Crippen MR) is 82.8 cm³/mol. The van der Waals surface area contributed by atoms with E-state index in [1.54, 1.807) is 16.7 Å². The third kappa shape index (κ3) is 3.57. The van der Waals surface area contributed by atoms with E-state index in [1.165, 1.54) is 16.0 Å². The summed E-state index contributed by atoms with van der Waals surface area (Å²) in [6.45, 7) is 10.7. The summed E-state index contributed by atoms with van der Waals surface area (Å²) in [4.78, 5) is 15.1. The monoisotopic (exact) mass is 291 g/mol. The SMILES string of the molecule is C=CCSc1cccc2c1CN(C(=O)OC(C)(C)C)C2. The van der Waals surface area contributed by atoms with Crippen molar-refractivity contribution >= 4 is 17.9 Å². The van der Waals surface area contributed by atoms with E-state index in [4.69, 9.17) is 4.74 Å². The number of ether oxygens (including phenoxy) is 1. The van der Waals surface area contributed by atoms with Crippen molar-refractivity contribution in [1.82, 2.24) is 4.90 Å². The lowest BCUT2D eigenvalue weighted by Gasteiger charge is -2.24. The Morgan fingerprint density at radius 3 is 2.85 bits per heavy atom. The average molecular weight is 291 g/mol. The molecule has 0 saturated heterocycles. The van der Waals surface area contributed by atoms with Crippen LogP contribution in [0.2, 0.25) is 0 Å². The van der Waals surface area contributed by atoms with Gasteiger partial charge in [0.25, 0.3) is 0 Å². The summed E-state index contributed by atoms with van der Waals surface area (Å²) in [7, 11) is 0. The van der Waals surface area contributed by atoms with Gasteiger partial charge in [0, 0.05) is 17.2 Å². The standard InChI is InChI=1S/C16H21NO2S/c1-5-9-20-14-8-6-7-12-10-17(11-13(12)14)15(18)19-16(2,3)4/h5-8H,1,9-11H2,2-4H3. The fraction of sp³-hybridized carbons (Fsp3) is 0.438. The molecule has 20 heavy (non-hydrogen) atoms. The minimum absolute atomic E-state index is 0.242. The number of benzene rings is 1. The molecule has 0 aliphatic carbocycles. The largest absolute Gasteiger partial charge is 0.444 e. The maximum atomic E-state index is 12.1. The Hall–Kier alpha value is -1.42. The lowest BCUT2D eigenvalue weighted by Crippen LogP contribution is -2.33. The van der Waals surface area contributed by atoms with Crippen LogP contribution in [0, 0.1) is 0 Å². The highest BCUT2D eigenvalue weighted by Gasteiger charge is 2.28. The van der Waals surface area contributed by atoms with E-state index in [0.717, 1.165) is 5.75 Å². The van der Waals surface area contributed by atoms with Crippen LogP contribution in [0.15, 0.2) is 35.7 Å². The number of hydrogen-bond acceptors (Lipinski definition) is 3. The molecule has 0 radical (unpaired) electrons. The first-order chi connectivity index (χ1) is 9.40. The van der Waals surface area contributed by atoms with Crippen LogP contribution in [0.5, 0.6) is 0 Å². The number of carbonyl (C=O) groups excluding carboxylic acids is 1. The number of rotatable bonds is 3. The second-order valence-electron chi connectivity index (χ2n) is 5.83. The van der Waals surface area contributed by atoms with E-state index in [1.807, 2.05) is 32.9 Å². The number of fused-ring (bicyclic) bond motifs is 1. The molecule has 0 bridgehead atoms. The summed E-state index contributed by atoms with van der Waals surface area (Å²) in [6, 6.07) is 6.23. The van der Waals surface area contributed by atoms with Gasteiger partial charge in [0.05, 0.1) is 6.54 Å². The number of amides is 1. The number of nitrogens with zero attached hydrogens (tertiary/aromatic N) is 1. The molecule has 1 aromatic rings. The maximum absolute atomic E-state index is 12.1. The highest BCUT2D eigenvalue weighted by Crippen LogP contribution is 2.32. The second kappa shape index (κ2) is 5.92. The van der Waals surface area contributed by atoms with Gasteiger partial charge in [-0.15, -0.1) is 18.3 Å². The van der Waals surface area contributed by atoms with Gasteiger partial charge >= 0.3 is 6.09 Å². The van der Waals surface area contributed by atoms with Crippen LogP contribution in [0.1, 0.15) is 31.9 Å². The zero-order valence-corrected chi connectivity index (χ0v) is 13.1. The molecule has 0 aromatic heterocycles. The Kier molecular flexibility index (Phi) is 4.43. The molecule has 1 amide bonds. The Morgan fingerprint density at radius 1 is 1.45 bits per heavy atom. The van der Waals surface area contributed by atoms with Crippen molar-refractivity contribution in [3.8, 4) is 0 Å². The highest BCUT2D eigenvalue weighted by molar-refractivity contribution is 7.99. The first-order valence-corrected chi connectivity index (χ1v) is 7.71. The molecule has 2 rings (SSSR count). The van der Waals surface area contributed by atoms with E-state index < -0.39 is 5.60 Å². The molecular weight excluding hydrogens is 270 g/mol. The average Bonchev–Trinajstić information content (AvgIpc) is 2.78. The molecule has 1 aromatic carbocycles. The quantitative estimate of drug-likeness (QED) is 0.617. The Labute approximate surface area is 125 Å². The molecule has 0 unspecified atom stereocenters. The van der Waals surface area contributed by atoms with Crippen LogP contribution in [0.25, 0.3) is 0 Å². The Bertz CT molecular complexity index is 520. The van der Waals surface area contributed by atoms with Crippen molar-refractivity contribution in [2.75, 3.05) is 5.75 Å². The Balaban J connectivity index is 2.10. The molecule has 108 valence electrons. The van der Waals surface area contributed by atoms with Crippen molar-refractivity contribution < 1.29 is 9.53 Å². The molecule has 0 spiro atoms. The van der Waals surface area contributed by atoms with E-state index in [2.05, 4.69) is 18.7 Å². The van der Waals surface area contributed by atoms with Crippen LogP contribution in [-0.4, -0.2) is 22.3 Å². The summed E-state index contributed by atoms with van der Waals surface area (Å²) in [5.74, 6) is 0.878. The molecule has 4 heteroatoms. The number of carbonyl (C=O) groups is 1. The number of hydrogen-bond donors (Lipinski definition) is 0. The summed E-state index contributed by atoms with van der Waals surface area (Å²) in [6.07, 6.45) is 1.65. The molecule has 3 nitrogen and oxygen atoms in total. The topological polar surface area (TPSA) is 29.5 Å². The van der Waals surface area contributed by atoms with Gasteiger partial charge in [-0.05, 0) is 38.0 Å². The van der Waals surface area contributed by atoms with Crippen LogP contribution < -0.4 is 0 Å². The molecular formula is C16H21NO2S. The summed E-state index contributed by atoms with van der Waals surface area (Å²) >= 11 is 1.76. The van der Waals surface area contributed by atoms with Crippen LogP contribution in [0.4, 0.5) is 4.79 Å². The van der Waals surface area contributed by atoms with Gasteiger partial charge < -0.3 is 4.74 Å². The van der Waals surface area contributed by atoms with Gasteiger partial charge in [-0.2, -0.15) is 0 Å². The van der Waals surface area contributed by atoms with Crippen LogP contribution >= 0.6 is 11.8 Å². The third-order valence-electron chi connectivity index (χ3n) is 2.95. The van der Waals surface area contributed by atoms with Gasteiger partial charge in [0.2, 0.25) is 0 Å². The number of thioether (sulfide) groups is 1. The molecule has 1 aliphatic rings. The molecule has 0 saturated carbocycles. The van der Waals surface area contributed by atoms with Crippen molar-refractivity contribution in [3.63, 3.8) is 0 Å². The third-order valence-corrected chi connectivity index (χ3v) is 4.04. The fourth-order valence-electron chi connectivity index (χ4n) is 2.13. The lowest BCUT2D eigenvalue weighted by molar-refractivity contribution is 0.0241. The van der Waals surface area contributed by atoms with Crippen molar-refractivity contribution in [2.45, 2.75) is 44.4 Å². The van der Waals surface area contributed by atoms with Gasteiger partial charge in [0.15, 0.2) is 0 Å². The molecule has 0 atom stereocenters. The first-order valence-electron chi connectivity index (χ1n) is 6.73. The van der Waals surface area contributed by atoms with Gasteiger partial charge in [-0.1, -0.05) is 18.2 Å². The summed E-state index contributed by atoms with van der Waals surface area (Å²) in [5, 5.41) is 0. The predicted octanol–water partition coefficient (Wildman–Crippen LogP) is 4.22. The smallest absolute Gasteiger partial charge is 0.410 e. The zero-order chi connectivity index (χ0) is 14.8. The molecule has 0 N–H and O–H groups in total. The van der Waals surface area contributed by atoms with Crippen LogP contribution in [0.3, 0.4) is 0 Å². The molecule has 1 aliphatic heterocycles. The normalized spacial score (nSPS) is 14.1. The minimum Gasteiger partial charge on any atom is -0.444 e. The highest BCUT2D eigenvalue weighted by atomic mass is 32.2. The minimum atomic E-state index is -0.452. The van der Waals surface area contributed by atoms with E-state index in [-0.39, 0.29) is 6.09 Å². The summed E-state index contributed by atoms with van der Waals surface area (Å²) in [5.41, 5.74) is 2.00. The Morgan fingerprint density at radius 2 is 2.20 bits per heavy atom. The first kappa shape index (κ1) is 15.0. The van der Waals surface area contributed by atoms with Crippen LogP contribution in [-0.2, 0) is 17.8 Å². The van der Waals surface area contributed by atoms with Crippen molar-refractivity contribution in [3.05, 3.63) is 42.0 Å². The lowest BCUT2D eigenvalue weighted by atomic mass is 10.1. The fourth-order valence-corrected chi connectivity index (χ4v) is 2.97. The second-order valence-corrected chi connectivity index (χ2v) is 6.89. The maximum Gasteiger partial charge on any atom is 0.410 e. The van der Waals surface area contributed by atoms with Gasteiger partial charge in [-0.25, -0.2) is 4.79 Å². The van der Waals surface area contributed by atoms with Gasteiger partial charge in [0.1, 0.15) is 5.60 Å². The van der Waals surface area contributed by atoms with E-state index in [9.17, 15) is 4.79 Å². The van der Waals surface area contributed by atoms with E-state index >= 15 is 0 Å². The summed E-state index contributed by atoms with van der Waals surface area (Å²) < 4.78 is 5.44. The molecule has 0 fully saturated rings. The van der Waals surface area contributed by atoms with Gasteiger partial charge in [-0.3, -0.25) is 4.90 Å². The van der Waals surface area contributed by atoms with Crippen molar-refractivity contribution in [2.24, 2.45) is 0 Å². The van der Waals surface area contributed by atoms with E-state index in [0.29, 0.717) is 13.1 Å².